The van der Waals surface area contributed by atoms with Crippen LogP contribution in [0.2, 0.25) is 8.67 Å². The number of fused-ring (bicyclic) bond motifs is 1. The highest BCUT2D eigenvalue weighted by molar-refractivity contribution is 7.98. The number of thiophene rings is 2. The third-order valence-electron chi connectivity index (χ3n) is 2.89. The number of hydrogen-bond acceptors (Lipinski definition) is 4. The molecule has 0 saturated heterocycles. The molecule has 0 aliphatic carbocycles. The first kappa shape index (κ1) is 13.3. The molecular weight excluding hydrogens is 327 g/mol. The molecule has 1 aliphatic heterocycles. The van der Waals surface area contributed by atoms with Gasteiger partial charge in [0.2, 0.25) is 0 Å². The van der Waals surface area contributed by atoms with Gasteiger partial charge in [-0.25, -0.2) is 0 Å². The molecule has 0 fully saturated rings. The summed E-state index contributed by atoms with van der Waals surface area (Å²) >= 11 is 17.0. The van der Waals surface area contributed by atoms with Crippen molar-refractivity contribution in [3.8, 4) is 0 Å². The first-order valence-corrected chi connectivity index (χ1v) is 9.01. The SMILES string of the molecule is OC(c1cc2c(s1)CCSC2)c1cc(Cl)sc1Cl. The molecule has 2 aromatic heterocycles. The van der Waals surface area contributed by atoms with Crippen molar-refractivity contribution in [1.82, 2.24) is 0 Å². The van der Waals surface area contributed by atoms with E-state index >= 15 is 0 Å². The molecule has 0 radical (unpaired) electrons. The molecule has 0 saturated carbocycles. The van der Waals surface area contributed by atoms with Gasteiger partial charge in [0.1, 0.15) is 10.4 Å². The maximum atomic E-state index is 10.4. The number of aryl methyl sites for hydroxylation is 1. The van der Waals surface area contributed by atoms with E-state index in [1.165, 1.54) is 27.5 Å². The second kappa shape index (κ2) is 5.35. The Hall–Kier alpha value is 0.290. The fourth-order valence-corrected chi connectivity index (χ4v) is 5.90. The molecule has 3 heterocycles. The molecule has 0 spiro atoms. The molecule has 1 N–H and O–H groups in total. The van der Waals surface area contributed by atoms with Crippen LogP contribution in [0.4, 0.5) is 0 Å². The van der Waals surface area contributed by atoms with Gasteiger partial charge in [-0.3, -0.25) is 0 Å². The van der Waals surface area contributed by atoms with E-state index in [4.69, 9.17) is 23.2 Å². The van der Waals surface area contributed by atoms with Crippen molar-refractivity contribution in [2.75, 3.05) is 5.75 Å². The van der Waals surface area contributed by atoms with Gasteiger partial charge in [0.15, 0.2) is 0 Å². The van der Waals surface area contributed by atoms with E-state index in [1.807, 2.05) is 11.8 Å². The van der Waals surface area contributed by atoms with Gasteiger partial charge < -0.3 is 5.11 Å². The number of thioether (sulfide) groups is 1. The van der Waals surface area contributed by atoms with Crippen molar-refractivity contribution in [1.29, 1.82) is 0 Å². The molecule has 2 aromatic rings. The summed E-state index contributed by atoms with van der Waals surface area (Å²) in [5, 5.41) is 10.4. The zero-order valence-corrected chi connectivity index (χ0v) is 13.2. The molecule has 1 aliphatic rings. The van der Waals surface area contributed by atoms with E-state index in [9.17, 15) is 5.11 Å². The second-order valence-corrected chi connectivity index (χ2v) is 8.64. The zero-order valence-electron chi connectivity index (χ0n) is 9.28. The van der Waals surface area contributed by atoms with E-state index in [0.717, 1.165) is 22.6 Å². The quantitative estimate of drug-likeness (QED) is 0.833. The maximum Gasteiger partial charge on any atom is 0.116 e. The Kier molecular flexibility index (Phi) is 3.95. The Morgan fingerprint density at radius 3 is 2.72 bits per heavy atom. The lowest BCUT2D eigenvalue weighted by Gasteiger charge is -2.08. The number of aliphatic hydroxyl groups excluding tert-OH is 1. The van der Waals surface area contributed by atoms with E-state index in [2.05, 4.69) is 6.07 Å². The monoisotopic (exact) mass is 336 g/mol. The van der Waals surface area contributed by atoms with Crippen molar-refractivity contribution in [2.45, 2.75) is 18.3 Å². The third-order valence-corrected chi connectivity index (χ3v) is 6.71. The minimum absolute atomic E-state index is 0.577. The molecule has 3 rings (SSSR count). The Labute approximate surface area is 128 Å². The molecule has 1 nitrogen and oxygen atoms in total. The van der Waals surface area contributed by atoms with E-state index in [0.29, 0.717) is 8.67 Å². The van der Waals surface area contributed by atoms with Crippen molar-refractivity contribution in [3.63, 3.8) is 0 Å². The summed E-state index contributed by atoms with van der Waals surface area (Å²) in [4.78, 5) is 2.37. The summed E-state index contributed by atoms with van der Waals surface area (Å²) in [7, 11) is 0. The van der Waals surface area contributed by atoms with Crippen LogP contribution in [0.3, 0.4) is 0 Å². The van der Waals surface area contributed by atoms with Crippen molar-refractivity contribution < 1.29 is 5.11 Å². The summed E-state index contributed by atoms with van der Waals surface area (Å²) in [6.45, 7) is 0. The van der Waals surface area contributed by atoms with Crippen LogP contribution in [0.15, 0.2) is 12.1 Å². The summed E-state index contributed by atoms with van der Waals surface area (Å²) in [5.74, 6) is 2.23. The standard InChI is InChI=1S/C12H10Cl2OS3/c13-10-4-7(12(14)18-10)11(15)9-3-6-5-16-2-1-8(6)17-9/h3-4,11,15H,1-2,5H2. The van der Waals surface area contributed by atoms with Crippen LogP contribution in [-0.2, 0) is 12.2 Å². The topological polar surface area (TPSA) is 20.2 Å². The minimum Gasteiger partial charge on any atom is -0.383 e. The molecular formula is C12H10Cl2OS3. The van der Waals surface area contributed by atoms with Gasteiger partial charge in [0.05, 0.1) is 4.34 Å². The van der Waals surface area contributed by atoms with Crippen LogP contribution < -0.4 is 0 Å². The van der Waals surface area contributed by atoms with Gasteiger partial charge in [-0.05, 0) is 29.9 Å². The van der Waals surface area contributed by atoms with Gasteiger partial charge in [-0.15, -0.1) is 22.7 Å². The average Bonchev–Trinajstić information content (AvgIpc) is 2.91. The number of halogens is 2. The second-order valence-electron chi connectivity index (χ2n) is 4.08. The lowest BCUT2D eigenvalue weighted by Crippen LogP contribution is -1.96. The third kappa shape index (κ3) is 2.47. The molecule has 0 bridgehead atoms. The van der Waals surface area contributed by atoms with Crippen molar-refractivity contribution in [3.05, 3.63) is 41.7 Å². The van der Waals surface area contributed by atoms with Crippen LogP contribution in [0.25, 0.3) is 0 Å². The van der Waals surface area contributed by atoms with Gasteiger partial charge in [-0.1, -0.05) is 23.2 Å². The maximum absolute atomic E-state index is 10.4. The average molecular weight is 337 g/mol. The van der Waals surface area contributed by atoms with Crippen molar-refractivity contribution in [2.24, 2.45) is 0 Å². The van der Waals surface area contributed by atoms with E-state index in [1.54, 1.807) is 17.4 Å². The summed E-state index contributed by atoms with van der Waals surface area (Å²) in [5.41, 5.74) is 2.08. The molecule has 18 heavy (non-hydrogen) atoms. The summed E-state index contributed by atoms with van der Waals surface area (Å²) in [6, 6.07) is 3.87. The summed E-state index contributed by atoms with van der Waals surface area (Å²) < 4.78 is 1.19. The lowest BCUT2D eigenvalue weighted by molar-refractivity contribution is 0.225. The van der Waals surface area contributed by atoms with Crippen LogP contribution in [0, 0.1) is 0 Å². The van der Waals surface area contributed by atoms with Gasteiger partial charge in [0.25, 0.3) is 0 Å². The molecule has 0 amide bonds. The highest BCUT2D eigenvalue weighted by Gasteiger charge is 2.22. The molecule has 96 valence electrons. The Morgan fingerprint density at radius 1 is 1.22 bits per heavy atom. The molecule has 1 atom stereocenters. The first-order chi connectivity index (χ1) is 8.65. The number of hydrogen-bond donors (Lipinski definition) is 1. The smallest absolute Gasteiger partial charge is 0.116 e. The van der Waals surface area contributed by atoms with Crippen LogP contribution in [-0.4, -0.2) is 10.9 Å². The first-order valence-electron chi connectivity index (χ1n) is 5.47. The number of aliphatic hydroxyl groups is 1. The Morgan fingerprint density at radius 2 is 2.06 bits per heavy atom. The van der Waals surface area contributed by atoms with E-state index < -0.39 is 6.10 Å². The Bertz CT molecular complexity index is 552. The van der Waals surface area contributed by atoms with Gasteiger partial charge in [-0.2, -0.15) is 11.8 Å². The highest BCUT2D eigenvalue weighted by atomic mass is 35.5. The zero-order chi connectivity index (χ0) is 12.7. The molecule has 1 unspecified atom stereocenters. The molecule has 0 aromatic carbocycles. The van der Waals surface area contributed by atoms with Crippen LogP contribution in [0.1, 0.15) is 27.0 Å². The van der Waals surface area contributed by atoms with Crippen molar-refractivity contribution >= 4 is 57.6 Å². The summed E-state index contributed by atoms with van der Waals surface area (Å²) in [6.07, 6.45) is 0.456. The Balaban J connectivity index is 1.94. The fourth-order valence-electron chi connectivity index (χ4n) is 2.00. The fraction of sp³-hybridized carbons (Fsp3) is 0.333. The van der Waals surface area contributed by atoms with Crippen LogP contribution >= 0.6 is 57.6 Å². The lowest BCUT2D eigenvalue weighted by atomic mass is 10.1. The van der Waals surface area contributed by atoms with Gasteiger partial charge >= 0.3 is 0 Å². The van der Waals surface area contributed by atoms with E-state index in [-0.39, 0.29) is 0 Å². The molecule has 6 heteroatoms. The number of rotatable bonds is 2. The van der Waals surface area contributed by atoms with Crippen LogP contribution in [0.5, 0.6) is 0 Å². The predicted molar refractivity (Wildman–Crippen MR) is 82.6 cm³/mol. The predicted octanol–water partition coefficient (Wildman–Crippen LogP) is 4.99. The van der Waals surface area contributed by atoms with Gasteiger partial charge in [0, 0.05) is 21.1 Å². The largest absolute Gasteiger partial charge is 0.383 e. The highest BCUT2D eigenvalue weighted by Crippen LogP contribution is 2.41. The minimum atomic E-state index is -0.651. The normalized spacial score (nSPS) is 16.6.